The number of fused-ring (bicyclic) bond motifs is 1. The zero-order valence-corrected chi connectivity index (χ0v) is 9.56. The number of hydrogen-bond acceptors (Lipinski definition) is 0. The molecule has 2 atom stereocenters. The highest BCUT2D eigenvalue weighted by Gasteiger charge is 2.29. The summed E-state index contributed by atoms with van der Waals surface area (Å²) in [4.78, 5) is 0. The van der Waals surface area contributed by atoms with Gasteiger partial charge in [0.15, 0.2) is 0 Å². The Balaban J connectivity index is 2.09. The van der Waals surface area contributed by atoms with Crippen LogP contribution in [0.4, 0.5) is 0 Å². The average Bonchev–Trinajstić information content (AvgIpc) is 2.66. The molecule has 2 aromatic carbocycles. The van der Waals surface area contributed by atoms with Crippen LogP contribution in [0.15, 0.2) is 54.6 Å². The summed E-state index contributed by atoms with van der Waals surface area (Å²) in [6.07, 6.45) is 1.22. The third kappa shape index (κ3) is 1.46. The molecule has 1 aliphatic carbocycles. The lowest BCUT2D eigenvalue weighted by Gasteiger charge is -2.17. The molecule has 0 heterocycles. The van der Waals surface area contributed by atoms with E-state index in [0.29, 0.717) is 5.92 Å². The molecule has 2 aromatic rings. The molecule has 0 unspecified atom stereocenters. The zero-order valence-electron chi connectivity index (χ0n) is 9.56. The van der Waals surface area contributed by atoms with Gasteiger partial charge >= 0.3 is 0 Å². The number of rotatable bonds is 1. The van der Waals surface area contributed by atoms with E-state index in [0.717, 1.165) is 5.92 Å². The largest absolute Gasteiger partial charge is 0.0622 e. The molecule has 0 aromatic heterocycles. The first-order chi connectivity index (χ1) is 7.86. The fourth-order valence-corrected chi connectivity index (χ4v) is 2.96. The quantitative estimate of drug-likeness (QED) is 0.664. The molecule has 3 rings (SSSR count). The van der Waals surface area contributed by atoms with Gasteiger partial charge in [-0.25, -0.2) is 0 Å². The van der Waals surface area contributed by atoms with Crippen molar-refractivity contribution >= 4 is 0 Å². The van der Waals surface area contributed by atoms with Gasteiger partial charge in [-0.05, 0) is 29.0 Å². The molecule has 0 fully saturated rings. The molecule has 0 bridgehead atoms. The molecule has 0 amide bonds. The number of benzene rings is 2. The maximum absolute atomic E-state index is 2.36. The molecule has 0 nitrogen and oxygen atoms in total. The highest BCUT2D eigenvalue weighted by atomic mass is 14.3. The SMILES string of the molecule is C[C@@H]1Cc2ccccc2[C@@H]1c1ccccc1. The summed E-state index contributed by atoms with van der Waals surface area (Å²) in [7, 11) is 0. The maximum Gasteiger partial charge on any atom is 0.0121 e. The van der Waals surface area contributed by atoms with Crippen LogP contribution < -0.4 is 0 Å². The second-order valence-electron chi connectivity index (χ2n) is 4.77. The van der Waals surface area contributed by atoms with Crippen molar-refractivity contribution in [3.05, 3.63) is 71.3 Å². The minimum absolute atomic E-state index is 0.595. The summed E-state index contributed by atoms with van der Waals surface area (Å²) in [5.74, 6) is 1.32. The molecule has 0 aliphatic heterocycles. The van der Waals surface area contributed by atoms with Crippen molar-refractivity contribution in [3.8, 4) is 0 Å². The summed E-state index contributed by atoms with van der Waals surface area (Å²) in [6.45, 7) is 2.36. The second kappa shape index (κ2) is 3.79. The molecule has 16 heavy (non-hydrogen) atoms. The molecular weight excluding hydrogens is 192 g/mol. The average molecular weight is 208 g/mol. The van der Waals surface area contributed by atoms with E-state index in [4.69, 9.17) is 0 Å². The van der Waals surface area contributed by atoms with Crippen molar-refractivity contribution in [1.82, 2.24) is 0 Å². The summed E-state index contributed by atoms with van der Waals surface area (Å²) in [5, 5.41) is 0. The van der Waals surface area contributed by atoms with Crippen LogP contribution in [0.2, 0.25) is 0 Å². The van der Waals surface area contributed by atoms with E-state index < -0.39 is 0 Å². The Kier molecular flexibility index (Phi) is 2.28. The molecule has 80 valence electrons. The van der Waals surface area contributed by atoms with Gasteiger partial charge in [0.05, 0.1) is 0 Å². The maximum atomic E-state index is 2.36. The summed E-state index contributed by atoms with van der Waals surface area (Å²) < 4.78 is 0. The smallest absolute Gasteiger partial charge is 0.0121 e. The van der Waals surface area contributed by atoms with Crippen LogP contribution in [0.1, 0.15) is 29.5 Å². The van der Waals surface area contributed by atoms with Gasteiger partial charge in [0, 0.05) is 5.92 Å². The molecule has 0 heteroatoms. The normalized spacial score (nSPS) is 23.1. The van der Waals surface area contributed by atoms with Crippen molar-refractivity contribution in [2.75, 3.05) is 0 Å². The molecule has 0 N–H and O–H groups in total. The van der Waals surface area contributed by atoms with Crippen LogP contribution in [0.3, 0.4) is 0 Å². The van der Waals surface area contributed by atoms with Crippen LogP contribution in [0.25, 0.3) is 0 Å². The van der Waals surface area contributed by atoms with Crippen LogP contribution >= 0.6 is 0 Å². The monoisotopic (exact) mass is 208 g/mol. The fourth-order valence-electron chi connectivity index (χ4n) is 2.96. The van der Waals surface area contributed by atoms with Gasteiger partial charge in [-0.1, -0.05) is 61.5 Å². The highest BCUT2D eigenvalue weighted by Crippen LogP contribution is 2.41. The lowest BCUT2D eigenvalue weighted by atomic mass is 9.87. The molecule has 0 saturated carbocycles. The van der Waals surface area contributed by atoms with Gasteiger partial charge < -0.3 is 0 Å². The Morgan fingerprint density at radius 3 is 2.38 bits per heavy atom. The number of hydrogen-bond donors (Lipinski definition) is 0. The summed E-state index contributed by atoms with van der Waals surface area (Å²) in [5.41, 5.74) is 4.52. The Morgan fingerprint density at radius 2 is 1.56 bits per heavy atom. The van der Waals surface area contributed by atoms with Gasteiger partial charge in [0.2, 0.25) is 0 Å². The van der Waals surface area contributed by atoms with Crippen LogP contribution in [-0.4, -0.2) is 0 Å². The van der Waals surface area contributed by atoms with Gasteiger partial charge in [0.1, 0.15) is 0 Å². The lowest BCUT2D eigenvalue weighted by Crippen LogP contribution is -2.04. The molecule has 0 spiro atoms. The Morgan fingerprint density at radius 1 is 0.875 bits per heavy atom. The van der Waals surface area contributed by atoms with Crippen molar-refractivity contribution in [2.24, 2.45) is 5.92 Å². The molecular formula is C16H16. The fraction of sp³-hybridized carbons (Fsp3) is 0.250. The van der Waals surface area contributed by atoms with E-state index in [1.54, 1.807) is 0 Å². The van der Waals surface area contributed by atoms with Crippen molar-refractivity contribution < 1.29 is 0 Å². The molecule has 1 aliphatic rings. The minimum atomic E-state index is 0.595. The first-order valence-electron chi connectivity index (χ1n) is 5.99. The van der Waals surface area contributed by atoms with Crippen molar-refractivity contribution in [2.45, 2.75) is 19.3 Å². The summed E-state index contributed by atoms with van der Waals surface area (Å²) in [6, 6.07) is 19.8. The van der Waals surface area contributed by atoms with Crippen LogP contribution in [-0.2, 0) is 6.42 Å². The zero-order chi connectivity index (χ0) is 11.0. The van der Waals surface area contributed by atoms with E-state index in [2.05, 4.69) is 61.5 Å². The predicted molar refractivity (Wildman–Crippen MR) is 67.6 cm³/mol. The van der Waals surface area contributed by atoms with Crippen molar-refractivity contribution in [3.63, 3.8) is 0 Å². The second-order valence-corrected chi connectivity index (χ2v) is 4.77. The Bertz CT molecular complexity index is 484. The van der Waals surface area contributed by atoms with E-state index in [9.17, 15) is 0 Å². The van der Waals surface area contributed by atoms with E-state index in [1.165, 1.54) is 23.1 Å². The third-order valence-corrected chi connectivity index (χ3v) is 3.66. The lowest BCUT2D eigenvalue weighted by molar-refractivity contribution is 0.557. The minimum Gasteiger partial charge on any atom is -0.0622 e. The molecule has 0 saturated heterocycles. The first-order valence-corrected chi connectivity index (χ1v) is 5.99. The summed E-state index contributed by atoms with van der Waals surface area (Å²) >= 11 is 0. The van der Waals surface area contributed by atoms with Crippen LogP contribution in [0.5, 0.6) is 0 Å². The van der Waals surface area contributed by atoms with E-state index in [-0.39, 0.29) is 0 Å². The Hall–Kier alpha value is -1.56. The van der Waals surface area contributed by atoms with Gasteiger partial charge in [0.25, 0.3) is 0 Å². The van der Waals surface area contributed by atoms with Gasteiger partial charge in [-0.2, -0.15) is 0 Å². The van der Waals surface area contributed by atoms with Crippen LogP contribution in [0, 0.1) is 5.92 Å². The third-order valence-electron chi connectivity index (χ3n) is 3.66. The van der Waals surface area contributed by atoms with Gasteiger partial charge in [-0.15, -0.1) is 0 Å². The predicted octanol–water partition coefficient (Wildman–Crippen LogP) is 4.01. The highest BCUT2D eigenvalue weighted by molar-refractivity contribution is 5.43. The topological polar surface area (TPSA) is 0 Å². The van der Waals surface area contributed by atoms with E-state index in [1.807, 2.05) is 0 Å². The van der Waals surface area contributed by atoms with Crippen molar-refractivity contribution in [1.29, 1.82) is 0 Å². The van der Waals surface area contributed by atoms with E-state index >= 15 is 0 Å². The molecule has 0 radical (unpaired) electrons. The van der Waals surface area contributed by atoms with Gasteiger partial charge in [-0.3, -0.25) is 0 Å². The Labute approximate surface area is 96.9 Å². The standard InChI is InChI=1S/C16H16/c1-12-11-14-9-5-6-10-15(14)16(12)13-7-3-2-4-8-13/h2-10,12,16H,11H2,1H3/t12-,16+/m1/s1. The first kappa shape index (κ1) is 9.65.